The lowest BCUT2D eigenvalue weighted by molar-refractivity contribution is 0.198. The summed E-state index contributed by atoms with van der Waals surface area (Å²) in [5, 5.41) is 6.70. The number of aromatic nitrogens is 2. The van der Waals surface area contributed by atoms with Gasteiger partial charge < -0.3 is 5.32 Å². The van der Waals surface area contributed by atoms with Gasteiger partial charge in [0, 0.05) is 6.54 Å². The van der Waals surface area contributed by atoms with Gasteiger partial charge in [-0.15, -0.1) is 0 Å². The van der Waals surface area contributed by atoms with E-state index in [9.17, 15) is 4.79 Å². The van der Waals surface area contributed by atoms with Gasteiger partial charge in [-0.05, 0) is 31.4 Å². The van der Waals surface area contributed by atoms with E-state index in [1.54, 1.807) is 11.2 Å². The van der Waals surface area contributed by atoms with Crippen LogP contribution in [-0.4, -0.2) is 33.6 Å². The number of amides is 2. The summed E-state index contributed by atoms with van der Waals surface area (Å²) in [6.07, 6.45) is 6.09. The first-order valence-corrected chi connectivity index (χ1v) is 6.98. The summed E-state index contributed by atoms with van der Waals surface area (Å²) in [5.74, 6) is 0.702. The highest BCUT2D eigenvalue weighted by Crippen LogP contribution is 2.36. The zero-order chi connectivity index (χ0) is 13.4. The SMILES string of the molecule is CCN1C(=O)Nc2cnc(Cl)nc2N1C1CCCC1. The number of halogens is 1. The average Bonchev–Trinajstić information content (AvgIpc) is 2.91. The number of nitrogens with one attached hydrogen (secondary N) is 1. The summed E-state index contributed by atoms with van der Waals surface area (Å²) in [7, 11) is 0. The molecule has 6 nitrogen and oxygen atoms in total. The van der Waals surface area contributed by atoms with E-state index in [0.29, 0.717) is 24.1 Å². The second kappa shape index (κ2) is 4.85. The summed E-state index contributed by atoms with van der Waals surface area (Å²) in [4.78, 5) is 20.4. The molecular formula is C12H16ClN5O. The number of hydrogen-bond donors (Lipinski definition) is 1. The highest BCUT2D eigenvalue weighted by atomic mass is 35.5. The zero-order valence-electron chi connectivity index (χ0n) is 10.8. The molecule has 19 heavy (non-hydrogen) atoms. The molecule has 0 atom stereocenters. The van der Waals surface area contributed by atoms with E-state index in [1.807, 2.05) is 11.9 Å². The van der Waals surface area contributed by atoms with E-state index in [0.717, 1.165) is 12.8 Å². The van der Waals surface area contributed by atoms with Crippen LogP contribution in [0.4, 0.5) is 16.3 Å². The first-order valence-electron chi connectivity index (χ1n) is 6.61. The Morgan fingerprint density at radius 2 is 2.21 bits per heavy atom. The third-order valence-corrected chi connectivity index (χ3v) is 3.84. The number of carbonyl (C=O) groups is 1. The molecule has 1 aliphatic heterocycles. The van der Waals surface area contributed by atoms with Gasteiger partial charge in [0.05, 0.1) is 12.2 Å². The van der Waals surface area contributed by atoms with Crippen molar-refractivity contribution in [2.75, 3.05) is 16.9 Å². The standard InChI is InChI=1S/C12H16ClN5O/c1-2-17-12(19)15-9-7-14-11(13)16-10(9)18(17)8-5-3-4-6-8/h7-8H,2-6H2,1H3,(H,15,19). The molecule has 1 aromatic rings. The molecule has 0 saturated heterocycles. The molecule has 7 heteroatoms. The second-order valence-electron chi connectivity index (χ2n) is 4.81. The van der Waals surface area contributed by atoms with Gasteiger partial charge in [0.25, 0.3) is 0 Å². The summed E-state index contributed by atoms with van der Waals surface area (Å²) in [6.45, 7) is 2.55. The molecule has 1 aromatic heterocycles. The third-order valence-electron chi connectivity index (χ3n) is 3.66. The maximum atomic E-state index is 12.1. The van der Waals surface area contributed by atoms with Crippen LogP contribution in [0.3, 0.4) is 0 Å². The van der Waals surface area contributed by atoms with E-state index in [4.69, 9.17) is 11.6 Å². The van der Waals surface area contributed by atoms with Crippen LogP contribution in [0.25, 0.3) is 0 Å². The molecule has 0 spiro atoms. The fourth-order valence-electron chi connectivity index (χ4n) is 2.82. The molecule has 2 aliphatic rings. The lowest BCUT2D eigenvalue weighted by Gasteiger charge is -2.42. The first-order chi connectivity index (χ1) is 9.20. The van der Waals surface area contributed by atoms with Gasteiger partial charge in [0.1, 0.15) is 5.69 Å². The predicted octanol–water partition coefficient (Wildman–Crippen LogP) is 2.66. The van der Waals surface area contributed by atoms with Crippen molar-refractivity contribution < 1.29 is 4.79 Å². The van der Waals surface area contributed by atoms with Gasteiger partial charge in [0.15, 0.2) is 5.82 Å². The maximum Gasteiger partial charge on any atom is 0.340 e. The van der Waals surface area contributed by atoms with Crippen molar-refractivity contribution in [3.8, 4) is 0 Å². The summed E-state index contributed by atoms with van der Waals surface area (Å²) >= 11 is 5.90. The Bertz CT molecular complexity index is 503. The maximum absolute atomic E-state index is 12.1. The molecule has 102 valence electrons. The summed E-state index contributed by atoms with van der Waals surface area (Å²) in [5.41, 5.74) is 0.631. The van der Waals surface area contributed by atoms with Gasteiger partial charge in [-0.25, -0.2) is 14.8 Å². The number of hydrazine groups is 1. The average molecular weight is 282 g/mol. The van der Waals surface area contributed by atoms with E-state index < -0.39 is 0 Å². The quantitative estimate of drug-likeness (QED) is 0.847. The Morgan fingerprint density at radius 3 is 2.89 bits per heavy atom. The number of rotatable bonds is 2. The molecule has 0 unspecified atom stereocenters. The van der Waals surface area contributed by atoms with Crippen LogP contribution < -0.4 is 10.3 Å². The Labute approximate surface area is 116 Å². The fraction of sp³-hybridized carbons (Fsp3) is 0.583. The van der Waals surface area contributed by atoms with E-state index in [1.165, 1.54) is 12.8 Å². The molecule has 1 saturated carbocycles. The molecule has 1 aliphatic carbocycles. The number of hydrogen-bond acceptors (Lipinski definition) is 4. The van der Waals surface area contributed by atoms with Crippen LogP contribution in [-0.2, 0) is 0 Å². The lowest BCUT2D eigenvalue weighted by Crippen LogP contribution is -2.56. The number of anilines is 2. The molecule has 1 N–H and O–H groups in total. The van der Waals surface area contributed by atoms with Gasteiger partial charge in [-0.2, -0.15) is 4.98 Å². The highest BCUT2D eigenvalue weighted by molar-refractivity contribution is 6.28. The van der Waals surface area contributed by atoms with Crippen LogP contribution in [0.2, 0.25) is 5.28 Å². The smallest absolute Gasteiger partial charge is 0.302 e. The van der Waals surface area contributed by atoms with Crippen molar-refractivity contribution >= 4 is 29.1 Å². The summed E-state index contributed by atoms with van der Waals surface area (Å²) < 4.78 is 0. The number of carbonyl (C=O) groups excluding carboxylic acids is 1. The van der Waals surface area contributed by atoms with Crippen LogP contribution in [0, 0.1) is 0 Å². The largest absolute Gasteiger partial charge is 0.340 e. The Kier molecular flexibility index (Phi) is 3.18. The second-order valence-corrected chi connectivity index (χ2v) is 5.14. The van der Waals surface area contributed by atoms with Gasteiger partial charge >= 0.3 is 6.03 Å². The Balaban J connectivity index is 2.05. The van der Waals surface area contributed by atoms with Crippen molar-refractivity contribution in [3.63, 3.8) is 0 Å². The molecular weight excluding hydrogens is 266 g/mol. The van der Waals surface area contributed by atoms with E-state index >= 15 is 0 Å². The molecule has 3 rings (SSSR count). The fourth-order valence-corrected chi connectivity index (χ4v) is 2.95. The highest BCUT2D eigenvalue weighted by Gasteiger charge is 2.36. The minimum Gasteiger partial charge on any atom is -0.302 e. The predicted molar refractivity (Wildman–Crippen MR) is 73.2 cm³/mol. The van der Waals surface area contributed by atoms with Crippen LogP contribution in [0.15, 0.2) is 6.20 Å². The molecule has 0 radical (unpaired) electrons. The van der Waals surface area contributed by atoms with Gasteiger partial charge in [0.2, 0.25) is 5.28 Å². The van der Waals surface area contributed by atoms with Crippen molar-refractivity contribution in [1.29, 1.82) is 0 Å². The van der Waals surface area contributed by atoms with E-state index in [2.05, 4.69) is 15.3 Å². The molecule has 1 fully saturated rings. The Hall–Kier alpha value is -1.56. The topological polar surface area (TPSA) is 61.4 Å². The van der Waals surface area contributed by atoms with Crippen molar-refractivity contribution in [2.24, 2.45) is 0 Å². The lowest BCUT2D eigenvalue weighted by atomic mass is 10.2. The van der Waals surface area contributed by atoms with Crippen molar-refractivity contribution in [2.45, 2.75) is 38.6 Å². The third kappa shape index (κ3) is 2.10. The number of fused-ring (bicyclic) bond motifs is 1. The van der Waals surface area contributed by atoms with Gasteiger partial charge in [-0.1, -0.05) is 12.8 Å². The van der Waals surface area contributed by atoms with Crippen LogP contribution >= 0.6 is 11.6 Å². The van der Waals surface area contributed by atoms with Crippen molar-refractivity contribution in [1.82, 2.24) is 15.0 Å². The molecule has 0 aromatic carbocycles. The number of urea groups is 1. The van der Waals surface area contributed by atoms with Crippen LogP contribution in [0.5, 0.6) is 0 Å². The molecule has 2 heterocycles. The Morgan fingerprint density at radius 1 is 1.47 bits per heavy atom. The monoisotopic (exact) mass is 281 g/mol. The first kappa shape index (κ1) is 12.5. The molecule has 2 amide bonds. The zero-order valence-corrected chi connectivity index (χ0v) is 11.5. The minimum atomic E-state index is -0.132. The normalized spacial score (nSPS) is 19.6. The van der Waals surface area contributed by atoms with Crippen molar-refractivity contribution in [3.05, 3.63) is 11.5 Å². The van der Waals surface area contributed by atoms with Gasteiger partial charge in [-0.3, -0.25) is 5.01 Å². The number of nitrogens with zero attached hydrogens (tertiary/aromatic N) is 4. The summed E-state index contributed by atoms with van der Waals surface area (Å²) in [6, 6.07) is 0.184. The van der Waals surface area contributed by atoms with E-state index in [-0.39, 0.29) is 11.3 Å². The van der Waals surface area contributed by atoms with Crippen LogP contribution in [0.1, 0.15) is 32.6 Å². The minimum absolute atomic E-state index is 0.132. The molecule has 0 bridgehead atoms.